The van der Waals surface area contributed by atoms with E-state index in [0.29, 0.717) is 11.8 Å². The number of hydrogen-bond acceptors (Lipinski definition) is 2. The van der Waals surface area contributed by atoms with Gasteiger partial charge in [-0.1, -0.05) is 37.1 Å². The van der Waals surface area contributed by atoms with Crippen molar-refractivity contribution in [2.75, 3.05) is 0 Å². The standard InChI is InChI=1S/C27H34O2/c1-27(2,21-8-3-4-9-21)29-26(28)19-7-5-6-16(12-19)22-14-20-15-23(22)25-18-11-10-17(13-18)24(20)25/h5-7,10-12,17-18,20-25H,3-4,8-9,13-15H2,1-2H3. The van der Waals surface area contributed by atoms with Crippen LogP contribution in [0.3, 0.4) is 0 Å². The highest BCUT2D eigenvalue weighted by molar-refractivity contribution is 5.90. The molecular weight excluding hydrogens is 356 g/mol. The number of hydrogen-bond donors (Lipinski definition) is 0. The number of fused-ring (bicyclic) bond motifs is 9. The molecule has 4 bridgehead atoms. The molecule has 0 saturated heterocycles. The molecule has 7 unspecified atom stereocenters. The summed E-state index contributed by atoms with van der Waals surface area (Å²) in [5.41, 5.74) is 1.77. The van der Waals surface area contributed by atoms with E-state index in [1.807, 2.05) is 6.07 Å². The lowest BCUT2D eigenvalue weighted by Gasteiger charge is -2.37. The Labute approximate surface area is 175 Å². The molecule has 6 rings (SSSR count). The molecule has 29 heavy (non-hydrogen) atoms. The van der Waals surface area contributed by atoms with Crippen molar-refractivity contribution in [3.05, 3.63) is 47.5 Å². The van der Waals surface area contributed by atoms with Gasteiger partial charge in [0.05, 0.1) is 5.56 Å². The van der Waals surface area contributed by atoms with Crippen LogP contribution in [0.15, 0.2) is 36.4 Å². The van der Waals surface area contributed by atoms with E-state index in [2.05, 4.69) is 44.2 Å². The van der Waals surface area contributed by atoms with Gasteiger partial charge in [-0.25, -0.2) is 4.79 Å². The fourth-order valence-electron chi connectivity index (χ4n) is 8.30. The number of esters is 1. The predicted molar refractivity (Wildman–Crippen MR) is 115 cm³/mol. The van der Waals surface area contributed by atoms with Crippen LogP contribution < -0.4 is 0 Å². The van der Waals surface area contributed by atoms with E-state index < -0.39 is 0 Å². The van der Waals surface area contributed by atoms with Crippen LogP contribution in [0.1, 0.15) is 80.6 Å². The number of rotatable bonds is 4. The monoisotopic (exact) mass is 390 g/mol. The molecule has 2 heteroatoms. The average molecular weight is 391 g/mol. The van der Waals surface area contributed by atoms with Gasteiger partial charge in [-0.3, -0.25) is 0 Å². The largest absolute Gasteiger partial charge is 0.456 e. The number of carbonyl (C=O) groups excluding carboxylic acids is 1. The zero-order valence-electron chi connectivity index (χ0n) is 17.8. The second-order valence-electron chi connectivity index (χ2n) is 11.2. The van der Waals surface area contributed by atoms with Crippen molar-refractivity contribution < 1.29 is 9.53 Å². The van der Waals surface area contributed by atoms with E-state index in [0.717, 1.165) is 41.1 Å². The summed E-state index contributed by atoms with van der Waals surface area (Å²) in [7, 11) is 0. The fraction of sp³-hybridized carbons (Fsp3) is 0.667. The van der Waals surface area contributed by atoms with Gasteiger partial charge in [-0.2, -0.15) is 0 Å². The third-order valence-electron chi connectivity index (χ3n) is 9.51. The third kappa shape index (κ3) is 2.77. The molecule has 5 aliphatic carbocycles. The second kappa shape index (κ2) is 6.46. The lowest BCUT2D eigenvalue weighted by molar-refractivity contribution is -0.0285. The van der Waals surface area contributed by atoms with Crippen LogP contribution >= 0.6 is 0 Å². The highest BCUT2D eigenvalue weighted by Gasteiger charge is 2.61. The normalized spacial score (nSPS) is 40.0. The van der Waals surface area contributed by atoms with Crippen LogP contribution in [0, 0.1) is 41.4 Å². The maximum Gasteiger partial charge on any atom is 0.338 e. The van der Waals surface area contributed by atoms with E-state index in [1.54, 1.807) is 0 Å². The van der Waals surface area contributed by atoms with E-state index in [-0.39, 0.29) is 11.6 Å². The first-order chi connectivity index (χ1) is 14.0. The molecule has 0 heterocycles. The van der Waals surface area contributed by atoms with Crippen molar-refractivity contribution in [2.45, 2.75) is 70.3 Å². The van der Waals surface area contributed by atoms with Gasteiger partial charge in [0.15, 0.2) is 0 Å². The highest BCUT2D eigenvalue weighted by atomic mass is 16.6. The highest BCUT2D eigenvalue weighted by Crippen LogP contribution is 2.68. The molecule has 7 atom stereocenters. The molecule has 4 saturated carbocycles. The van der Waals surface area contributed by atoms with Crippen molar-refractivity contribution >= 4 is 5.97 Å². The van der Waals surface area contributed by atoms with Crippen molar-refractivity contribution in [3.8, 4) is 0 Å². The molecule has 0 amide bonds. The summed E-state index contributed by atoms with van der Waals surface area (Å²) in [6.45, 7) is 4.20. The number of carbonyl (C=O) groups is 1. The average Bonchev–Trinajstić information content (AvgIpc) is 3.53. The van der Waals surface area contributed by atoms with Crippen LogP contribution in [0.4, 0.5) is 0 Å². The van der Waals surface area contributed by atoms with E-state index in [4.69, 9.17) is 4.74 Å². The lowest BCUT2D eigenvalue weighted by atomic mass is 9.68. The summed E-state index contributed by atoms with van der Waals surface area (Å²) in [5, 5.41) is 0. The first kappa shape index (κ1) is 18.2. The Kier molecular flexibility index (Phi) is 4.06. The quantitative estimate of drug-likeness (QED) is 0.339. The second-order valence-corrected chi connectivity index (χ2v) is 11.2. The molecular formula is C27H34O2. The summed E-state index contributed by atoms with van der Waals surface area (Å²) < 4.78 is 6.05. The Morgan fingerprint density at radius 2 is 1.76 bits per heavy atom. The molecule has 154 valence electrons. The van der Waals surface area contributed by atoms with Gasteiger partial charge in [0.1, 0.15) is 5.60 Å². The summed E-state index contributed by atoms with van der Waals surface area (Å²) in [6, 6.07) is 8.46. The van der Waals surface area contributed by atoms with Crippen LogP contribution in [0.25, 0.3) is 0 Å². The topological polar surface area (TPSA) is 26.3 Å². The molecule has 0 spiro atoms. The smallest absolute Gasteiger partial charge is 0.338 e. The van der Waals surface area contributed by atoms with Crippen LogP contribution in [-0.2, 0) is 4.74 Å². The molecule has 0 radical (unpaired) electrons. The van der Waals surface area contributed by atoms with Crippen molar-refractivity contribution in [2.24, 2.45) is 41.4 Å². The Balaban J connectivity index is 1.20. The molecule has 0 aliphatic heterocycles. The Bertz CT molecular complexity index is 846. The minimum Gasteiger partial charge on any atom is -0.456 e. The Hall–Kier alpha value is -1.57. The molecule has 1 aromatic rings. The number of allylic oxidation sites excluding steroid dienone is 2. The molecule has 2 nitrogen and oxygen atoms in total. The maximum absolute atomic E-state index is 13.0. The van der Waals surface area contributed by atoms with Crippen molar-refractivity contribution in [3.63, 3.8) is 0 Å². The molecule has 4 fully saturated rings. The van der Waals surface area contributed by atoms with Gasteiger partial charge in [0.2, 0.25) is 0 Å². The number of benzene rings is 1. The Morgan fingerprint density at radius 3 is 2.55 bits per heavy atom. The minimum absolute atomic E-state index is 0.132. The minimum atomic E-state index is -0.362. The zero-order chi connectivity index (χ0) is 19.8. The van der Waals surface area contributed by atoms with Crippen LogP contribution in [-0.4, -0.2) is 11.6 Å². The van der Waals surface area contributed by atoms with Crippen LogP contribution in [0.2, 0.25) is 0 Å². The summed E-state index contributed by atoms with van der Waals surface area (Å²) in [6.07, 6.45) is 14.1. The Morgan fingerprint density at radius 1 is 1.00 bits per heavy atom. The van der Waals surface area contributed by atoms with E-state index in [1.165, 1.54) is 50.5 Å². The van der Waals surface area contributed by atoms with E-state index >= 15 is 0 Å². The molecule has 0 N–H and O–H groups in total. The molecule has 0 aromatic heterocycles. The summed E-state index contributed by atoms with van der Waals surface area (Å²) >= 11 is 0. The van der Waals surface area contributed by atoms with Crippen molar-refractivity contribution in [1.82, 2.24) is 0 Å². The fourth-order valence-corrected chi connectivity index (χ4v) is 8.30. The first-order valence-electron chi connectivity index (χ1n) is 12.0. The first-order valence-corrected chi connectivity index (χ1v) is 12.0. The number of ether oxygens (including phenoxy) is 1. The zero-order valence-corrected chi connectivity index (χ0v) is 17.8. The van der Waals surface area contributed by atoms with Gasteiger partial charge in [0, 0.05) is 0 Å². The lowest BCUT2D eigenvalue weighted by Crippen LogP contribution is -2.35. The van der Waals surface area contributed by atoms with Gasteiger partial charge >= 0.3 is 5.97 Å². The third-order valence-corrected chi connectivity index (χ3v) is 9.51. The van der Waals surface area contributed by atoms with Gasteiger partial charge in [-0.05, 0) is 111 Å². The van der Waals surface area contributed by atoms with E-state index in [9.17, 15) is 4.79 Å². The SMILES string of the molecule is CC(C)(OC(=O)c1cccc(C2CC3CC2C2C4C=CC(C4)C32)c1)C1CCCC1. The van der Waals surface area contributed by atoms with Gasteiger partial charge < -0.3 is 4.74 Å². The van der Waals surface area contributed by atoms with Gasteiger partial charge in [0.25, 0.3) is 0 Å². The molecule has 5 aliphatic rings. The summed E-state index contributed by atoms with van der Waals surface area (Å²) in [4.78, 5) is 13.0. The predicted octanol–water partition coefficient (Wildman–Crippen LogP) is 6.37. The molecule has 1 aromatic carbocycles. The van der Waals surface area contributed by atoms with Crippen LogP contribution in [0.5, 0.6) is 0 Å². The maximum atomic E-state index is 13.0. The van der Waals surface area contributed by atoms with Crippen molar-refractivity contribution in [1.29, 1.82) is 0 Å². The summed E-state index contributed by atoms with van der Waals surface area (Å²) in [5.74, 6) is 6.33. The van der Waals surface area contributed by atoms with Gasteiger partial charge in [-0.15, -0.1) is 0 Å².